The first kappa shape index (κ1) is 16.1. The fourth-order valence-electron chi connectivity index (χ4n) is 2.48. The number of anilines is 1. The molecule has 0 saturated carbocycles. The lowest BCUT2D eigenvalue weighted by atomic mass is 10.3. The number of fused-ring (bicyclic) bond motifs is 1. The second-order valence-electron chi connectivity index (χ2n) is 5.20. The molecule has 0 aromatic carbocycles. The predicted octanol–water partition coefficient (Wildman–Crippen LogP) is -0.398. The molecule has 10 heteroatoms. The Morgan fingerprint density at radius 1 is 1.30 bits per heavy atom. The lowest BCUT2D eigenvalue weighted by molar-refractivity contribution is 0.122. The average Bonchev–Trinajstić information content (AvgIpc) is 2.99. The van der Waals surface area contributed by atoms with Crippen LogP contribution < -0.4 is 9.62 Å². The van der Waals surface area contributed by atoms with Crippen LogP contribution in [-0.2, 0) is 21.3 Å². The molecule has 3 rings (SSSR count). The van der Waals surface area contributed by atoms with Crippen LogP contribution in [0.2, 0.25) is 0 Å². The first-order chi connectivity index (χ1) is 11.1. The summed E-state index contributed by atoms with van der Waals surface area (Å²) in [6, 6.07) is 0. The third-order valence-electron chi connectivity index (χ3n) is 3.75. The van der Waals surface area contributed by atoms with Crippen LogP contribution in [-0.4, -0.2) is 66.8 Å². The molecule has 0 radical (unpaired) electrons. The summed E-state index contributed by atoms with van der Waals surface area (Å²) in [4.78, 5) is 10.8. The quantitative estimate of drug-likeness (QED) is 0.763. The molecule has 0 aliphatic carbocycles. The normalized spacial score (nSPS) is 16.1. The Labute approximate surface area is 134 Å². The maximum absolute atomic E-state index is 11.5. The Balaban J connectivity index is 1.78. The topological polar surface area (TPSA) is 102 Å². The first-order valence-corrected chi connectivity index (χ1v) is 9.22. The van der Waals surface area contributed by atoms with Crippen molar-refractivity contribution in [3.63, 3.8) is 0 Å². The smallest absolute Gasteiger partial charge is 0.211 e. The highest BCUT2D eigenvalue weighted by Gasteiger charge is 2.18. The van der Waals surface area contributed by atoms with E-state index >= 15 is 0 Å². The molecule has 1 saturated heterocycles. The van der Waals surface area contributed by atoms with E-state index in [4.69, 9.17) is 4.74 Å². The molecule has 1 aliphatic heterocycles. The number of nitrogens with zero attached hydrogens (tertiary/aromatic N) is 5. The summed E-state index contributed by atoms with van der Waals surface area (Å²) in [6.07, 6.45) is 3.25. The molecule has 1 aliphatic rings. The van der Waals surface area contributed by atoms with Crippen molar-refractivity contribution >= 4 is 26.9 Å². The van der Waals surface area contributed by atoms with Crippen LogP contribution >= 0.6 is 0 Å². The summed E-state index contributed by atoms with van der Waals surface area (Å²) < 4.78 is 32.5. The van der Waals surface area contributed by atoms with Gasteiger partial charge in [0.25, 0.3) is 0 Å². The van der Waals surface area contributed by atoms with Gasteiger partial charge >= 0.3 is 0 Å². The van der Waals surface area contributed by atoms with Crippen LogP contribution in [0.4, 0.5) is 5.82 Å². The lowest BCUT2D eigenvalue weighted by Gasteiger charge is -2.27. The van der Waals surface area contributed by atoms with E-state index in [1.54, 1.807) is 17.8 Å². The fourth-order valence-corrected chi connectivity index (χ4v) is 3.09. The van der Waals surface area contributed by atoms with Crippen LogP contribution in [0.15, 0.2) is 12.5 Å². The van der Waals surface area contributed by atoms with E-state index in [-0.39, 0.29) is 12.3 Å². The van der Waals surface area contributed by atoms with Crippen LogP contribution in [0.5, 0.6) is 0 Å². The van der Waals surface area contributed by atoms with Crippen LogP contribution in [0.1, 0.15) is 6.92 Å². The van der Waals surface area contributed by atoms with Gasteiger partial charge in [0.05, 0.1) is 37.1 Å². The van der Waals surface area contributed by atoms with E-state index < -0.39 is 10.0 Å². The Hall–Kier alpha value is -1.78. The number of ether oxygens (including phenoxy) is 1. The largest absolute Gasteiger partial charge is 0.378 e. The molecule has 0 spiro atoms. The van der Waals surface area contributed by atoms with Crippen molar-refractivity contribution < 1.29 is 13.2 Å². The molecule has 2 aromatic heterocycles. The van der Waals surface area contributed by atoms with Crippen molar-refractivity contribution in [2.45, 2.75) is 13.5 Å². The Morgan fingerprint density at radius 3 is 2.83 bits per heavy atom. The second-order valence-corrected chi connectivity index (χ2v) is 7.29. The van der Waals surface area contributed by atoms with Gasteiger partial charge in [-0.1, -0.05) is 0 Å². The molecule has 1 N–H and O–H groups in total. The Kier molecular flexibility index (Phi) is 4.74. The van der Waals surface area contributed by atoms with Gasteiger partial charge in [-0.15, -0.1) is 0 Å². The molecule has 0 atom stereocenters. The van der Waals surface area contributed by atoms with Crippen molar-refractivity contribution in [3.05, 3.63) is 12.5 Å². The summed E-state index contributed by atoms with van der Waals surface area (Å²) in [6.45, 7) is 5.23. The molecule has 2 aromatic rings. The molecule has 3 heterocycles. The molecule has 0 amide bonds. The lowest BCUT2D eigenvalue weighted by Crippen LogP contribution is -2.36. The maximum Gasteiger partial charge on any atom is 0.211 e. The monoisotopic (exact) mass is 340 g/mol. The van der Waals surface area contributed by atoms with Gasteiger partial charge in [0.2, 0.25) is 10.0 Å². The van der Waals surface area contributed by atoms with Crippen molar-refractivity contribution in [2.24, 2.45) is 0 Å². The first-order valence-electron chi connectivity index (χ1n) is 7.57. The average molecular weight is 340 g/mol. The molecule has 0 unspecified atom stereocenters. The zero-order chi connectivity index (χ0) is 16.3. The molecule has 126 valence electrons. The van der Waals surface area contributed by atoms with Gasteiger partial charge in [-0.25, -0.2) is 27.8 Å². The van der Waals surface area contributed by atoms with Crippen molar-refractivity contribution in [1.29, 1.82) is 0 Å². The molecular formula is C13H20N6O3S. The van der Waals surface area contributed by atoms with Crippen molar-refractivity contribution in [1.82, 2.24) is 24.5 Å². The van der Waals surface area contributed by atoms with Crippen LogP contribution in [0.3, 0.4) is 0 Å². The number of rotatable bonds is 6. The number of hydrogen-bond donors (Lipinski definition) is 1. The van der Waals surface area contributed by atoms with Gasteiger partial charge in [-0.3, -0.25) is 0 Å². The van der Waals surface area contributed by atoms with Crippen molar-refractivity contribution in [3.8, 4) is 0 Å². The maximum atomic E-state index is 11.5. The summed E-state index contributed by atoms with van der Waals surface area (Å²) in [5, 5.41) is 5.19. The van der Waals surface area contributed by atoms with E-state index in [0.717, 1.165) is 24.3 Å². The second kappa shape index (κ2) is 6.77. The molecule has 9 nitrogen and oxygen atoms in total. The highest BCUT2D eigenvalue weighted by molar-refractivity contribution is 7.89. The van der Waals surface area contributed by atoms with Gasteiger partial charge in [0.1, 0.15) is 12.1 Å². The Morgan fingerprint density at radius 2 is 2.09 bits per heavy atom. The fraction of sp³-hybridized carbons (Fsp3) is 0.615. The van der Waals surface area contributed by atoms with Gasteiger partial charge in [-0.05, 0) is 6.92 Å². The SMILES string of the molecule is CCS(=O)(=O)NCCn1ncc2c(N3CCOCC3)ncnc21. The minimum atomic E-state index is -3.20. The summed E-state index contributed by atoms with van der Waals surface area (Å²) in [7, 11) is -3.20. The highest BCUT2D eigenvalue weighted by atomic mass is 32.2. The highest BCUT2D eigenvalue weighted by Crippen LogP contribution is 2.23. The number of sulfonamides is 1. The molecule has 0 bridgehead atoms. The Bertz CT molecular complexity index is 769. The van der Waals surface area contributed by atoms with E-state index in [2.05, 4.69) is 24.7 Å². The minimum absolute atomic E-state index is 0.0657. The van der Waals surface area contributed by atoms with Gasteiger partial charge in [0, 0.05) is 19.6 Å². The third-order valence-corrected chi connectivity index (χ3v) is 5.15. The zero-order valence-electron chi connectivity index (χ0n) is 13.0. The summed E-state index contributed by atoms with van der Waals surface area (Å²) in [5.41, 5.74) is 0.706. The number of morpholine rings is 1. The number of hydrogen-bond acceptors (Lipinski definition) is 7. The molecule has 1 fully saturated rings. The van der Waals surface area contributed by atoms with Gasteiger partial charge in [-0.2, -0.15) is 5.10 Å². The zero-order valence-corrected chi connectivity index (χ0v) is 13.8. The summed E-state index contributed by atoms with van der Waals surface area (Å²) >= 11 is 0. The van der Waals surface area contributed by atoms with Gasteiger partial charge < -0.3 is 9.64 Å². The minimum Gasteiger partial charge on any atom is -0.378 e. The standard InChI is InChI=1S/C13H20N6O3S/c1-2-23(20,21)17-3-4-19-13-11(9-16-19)12(14-10-15-13)18-5-7-22-8-6-18/h9-10,17H,2-8H2,1H3. The van der Waals surface area contributed by atoms with E-state index in [1.807, 2.05) is 0 Å². The van der Waals surface area contributed by atoms with Crippen LogP contribution in [0.25, 0.3) is 11.0 Å². The number of nitrogens with one attached hydrogen (secondary N) is 1. The predicted molar refractivity (Wildman–Crippen MR) is 85.8 cm³/mol. The molecular weight excluding hydrogens is 320 g/mol. The van der Waals surface area contributed by atoms with Crippen molar-refractivity contribution in [2.75, 3.05) is 43.5 Å². The van der Waals surface area contributed by atoms with Crippen LogP contribution in [0, 0.1) is 0 Å². The number of aromatic nitrogens is 4. The van der Waals surface area contributed by atoms with E-state index in [1.165, 1.54) is 6.33 Å². The summed E-state index contributed by atoms with van der Waals surface area (Å²) in [5.74, 6) is 0.912. The third kappa shape index (κ3) is 3.59. The van der Waals surface area contributed by atoms with Gasteiger partial charge in [0.15, 0.2) is 5.65 Å². The molecule has 23 heavy (non-hydrogen) atoms. The van der Waals surface area contributed by atoms with E-state index in [9.17, 15) is 8.42 Å². The van der Waals surface area contributed by atoms with E-state index in [0.29, 0.717) is 25.4 Å².